The normalized spacial score (nSPS) is 27.9. The Morgan fingerprint density at radius 2 is 2.27 bits per heavy atom. The van der Waals surface area contributed by atoms with Crippen LogP contribution < -0.4 is 10.6 Å². The van der Waals surface area contributed by atoms with Gasteiger partial charge in [-0.15, -0.1) is 0 Å². The summed E-state index contributed by atoms with van der Waals surface area (Å²) in [6.45, 7) is 1.74. The predicted octanol–water partition coefficient (Wildman–Crippen LogP) is 0.962. The van der Waals surface area contributed by atoms with Crippen molar-refractivity contribution >= 4 is 27.8 Å². The Morgan fingerprint density at radius 1 is 1.53 bits per heavy atom. The average molecular weight is 272 g/mol. The van der Waals surface area contributed by atoms with Crippen molar-refractivity contribution in [3.05, 3.63) is 22.6 Å². The van der Waals surface area contributed by atoms with E-state index >= 15 is 0 Å². The molecule has 2 rings (SSSR count). The van der Waals surface area contributed by atoms with Crippen LogP contribution in [0.1, 0.15) is 12.7 Å². The molecule has 1 fully saturated rings. The molecule has 5 nitrogen and oxygen atoms in total. The number of rotatable bonds is 1. The lowest BCUT2D eigenvalue weighted by atomic mass is 10.00. The maximum atomic E-state index is 11.7. The van der Waals surface area contributed by atoms with E-state index < -0.39 is 5.54 Å². The summed E-state index contributed by atoms with van der Waals surface area (Å²) in [6.07, 6.45) is 0. The van der Waals surface area contributed by atoms with E-state index in [0.717, 1.165) is 0 Å². The molecule has 0 aliphatic carbocycles. The number of guanidine groups is 1. The van der Waals surface area contributed by atoms with Crippen molar-refractivity contribution in [3.63, 3.8) is 0 Å². The van der Waals surface area contributed by atoms with Crippen LogP contribution in [0.5, 0.6) is 0 Å². The van der Waals surface area contributed by atoms with Gasteiger partial charge in [0.15, 0.2) is 16.2 Å². The van der Waals surface area contributed by atoms with Crippen LogP contribution in [0.4, 0.5) is 0 Å². The molecule has 0 bridgehead atoms. The van der Waals surface area contributed by atoms with Gasteiger partial charge >= 0.3 is 0 Å². The first-order chi connectivity index (χ1) is 7.06. The van der Waals surface area contributed by atoms with Crippen LogP contribution in [0.15, 0.2) is 26.2 Å². The van der Waals surface area contributed by atoms with E-state index in [1.54, 1.807) is 26.1 Å². The highest BCUT2D eigenvalue weighted by atomic mass is 79.9. The lowest BCUT2D eigenvalue weighted by Crippen LogP contribution is -2.40. The highest BCUT2D eigenvalue weighted by Gasteiger charge is 2.44. The van der Waals surface area contributed by atoms with E-state index in [0.29, 0.717) is 16.4 Å². The Balaban J connectivity index is 2.39. The van der Waals surface area contributed by atoms with Crippen LogP contribution in [0, 0.1) is 0 Å². The quantitative estimate of drug-likeness (QED) is 0.800. The Bertz CT molecular complexity index is 440. The summed E-state index contributed by atoms with van der Waals surface area (Å²) in [5.41, 5.74) is -0.888. The summed E-state index contributed by atoms with van der Waals surface area (Å²) in [5.74, 6) is 0.825. The summed E-state index contributed by atoms with van der Waals surface area (Å²) in [7, 11) is 1.60. The highest BCUT2D eigenvalue weighted by Crippen LogP contribution is 2.27. The standard InChI is InChI=1S/C9H10BrN3O2/c1-9(5-3-4-6(10)15-5)7(14)12-8(11-2)13-9/h3-4H,1-2H3,(H2,11,12,13,14). The van der Waals surface area contributed by atoms with Gasteiger partial charge in [-0.1, -0.05) is 0 Å². The number of amides is 1. The second-order valence-corrected chi connectivity index (χ2v) is 4.16. The zero-order chi connectivity index (χ0) is 11.1. The van der Waals surface area contributed by atoms with Crippen LogP contribution in [0.3, 0.4) is 0 Å². The molecule has 1 aromatic heterocycles. The minimum Gasteiger partial charge on any atom is -0.451 e. The number of hydrogen-bond acceptors (Lipinski definition) is 3. The zero-order valence-corrected chi connectivity index (χ0v) is 9.88. The van der Waals surface area contributed by atoms with Crippen molar-refractivity contribution in [2.75, 3.05) is 7.05 Å². The van der Waals surface area contributed by atoms with Gasteiger partial charge in [0.25, 0.3) is 5.91 Å². The van der Waals surface area contributed by atoms with E-state index in [2.05, 4.69) is 31.6 Å². The molecule has 0 radical (unpaired) electrons. The van der Waals surface area contributed by atoms with E-state index in [1.165, 1.54) is 0 Å². The van der Waals surface area contributed by atoms with Crippen molar-refractivity contribution in [1.29, 1.82) is 0 Å². The van der Waals surface area contributed by atoms with Crippen molar-refractivity contribution in [1.82, 2.24) is 10.6 Å². The monoisotopic (exact) mass is 271 g/mol. The van der Waals surface area contributed by atoms with Gasteiger partial charge in [0.05, 0.1) is 0 Å². The number of nitrogens with one attached hydrogen (secondary N) is 2. The molecule has 1 aliphatic rings. The van der Waals surface area contributed by atoms with Gasteiger partial charge in [-0.2, -0.15) is 0 Å². The molecule has 1 aliphatic heterocycles. The largest absolute Gasteiger partial charge is 0.451 e. The minimum absolute atomic E-state index is 0.176. The number of carbonyl (C=O) groups is 1. The summed E-state index contributed by atoms with van der Waals surface area (Å²) in [4.78, 5) is 15.6. The highest BCUT2D eigenvalue weighted by molar-refractivity contribution is 9.10. The predicted molar refractivity (Wildman–Crippen MR) is 58.4 cm³/mol. The molecular weight excluding hydrogens is 262 g/mol. The smallest absolute Gasteiger partial charge is 0.260 e. The van der Waals surface area contributed by atoms with Crippen LogP contribution in [-0.4, -0.2) is 18.9 Å². The Labute approximate surface area is 95.1 Å². The van der Waals surface area contributed by atoms with Gasteiger partial charge in [-0.25, -0.2) is 0 Å². The maximum absolute atomic E-state index is 11.7. The Morgan fingerprint density at radius 3 is 2.73 bits per heavy atom. The fourth-order valence-electron chi connectivity index (χ4n) is 1.43. The third-order valence-corrected chi connectivity index (χ3v) is 2.77. The van der Waals surface area contributed by atoms with Gasteiger partial charge in [0.2, 0.25) is 0 Å². The summed E-state index contributed by atoms with van der Waals surface area (Å²) < 4.78 is 5.96. The molecule has 2 N–H and O–H groups in total. The third kappa shape index (κ3) is 1.54. The lowest BCUT2D eigenvalue weighted by Gasteiger charge is -2.17. The molecule has 0 aromatic carbocycles. The summed E-state index contributed by atoms with van der Waals surface area (Å²) in [5, 5.41) is 5.60. The zero-order valence-electron chi connectivity index (χ0n) is 8.30. The van der Waals surface area contributed by atoms with Gasteiger partial charge in [-0.05, 0) is 35.0 Å². The lowest BCUT2D eigenvalue weighted by molar-refractivity contribution is -0.124. The first kappa shape index (κ1) is 10.2. The second kappa shape index (κ2) is 3.37. The van der Waals surface area contributed by atoms with Gasteiger partial charge in [0.1, 0.15) is 5.76 Å². The van der Waals surface area contributed by atoms with Gasteiger partial charge in [-0.3, -0.25) is 15.1 Å². The number of carbonyl (C=O) groups excluding carboxylic acids is 1. The van der Waals surface area contributed by atoms with Gasteiger partial charge in [0, 0.05) is 7.05 Å². The topological polar surface area (TPSA) is 66.6 Å². The fourth-order valence-corrected chi connectivity index (χ4v) is 1.73. The first-order valence-electron chi connectivity index (χ1n) is 4.38. The summed E-state index contributed by atoms with van der Waals surface area (Å²) >= 11 is 3.20. The fraction of sp³-hybridized carbons (Fsp3) is 0.333. The number of furan rings is 1. The van der Waals surface area contributed by atoms with E-state index in [4.69, 9.17) is 4.42 Å². The Hall–Kier alpha value is -1.30. The maximum Gasteiger partial charge on any atom is 0.260 e. The molecular formula is C9H10BrN3O2. The number of hydrogen-bond donors (Lipinski definition) is 2. The van der Waals surface area contributed by atoms with E-state index in [-0.39, 0.29) is 5.91 Å². The molecule has 1 atom stereocenters. The molecule has 15 heavy (non-hydrogen) atoms. The van der Waals surface area contributed by atoms with E-state index in [9.17, 15) is 4.79 Å². The van der Waals surface area contributed by atoms with Crippen molar-refractivity contribution in [2.24, 2.45) is 4.99 Å². The Kier molecular flexibility index (Phi) is 2.30. The molecule has 2 heterocycles. The van der Waals surface area contributed by atoms with Crippen LogP contribution >= 0.6 is 15.9 Å². The van der Waals surface area contributed by atoms with E-state index in [1.807, 2.05) is 0 Å². The first-order valence-corrected chi connectivity index (χ1v) is 5.18. The molecule has 1 saturated heterocycles. The van der Waals surface area contributed by atoms with Crippen LogP contribution in [-0.2, 0) is 10.3 Å². The van der Waals surface area contributed by atoms with Crippen molar-refractivity contribution in [3.8, 4) is 0 Å². The summed E-state index contributed by atoms with van der Waals surface area (Å²) in [6, 6.07) is 3.49. The third-order valence-electron chi connectivity index (χ3n) is 2.34. The average Bonchev–Trinajstić information content (AvgIpc) is 2.73. The van der Waals surface area contributed by atoms with Crippen LogP contribution in [0.25, 0.3) is 0 Å². The minimum atomic E-state index is -0.888. The molecule has 1 unspecified atom stereocenters. The van der Waals surface area contributed by atoms with Crippen LogP contribution in [0.2, 0.25) is 0 Å². The molecule has 6 heteroatoms. The van der Waals surface area contributed by atoms with Crippen molar-refractivity contribution < 1.29 is 9.21 Å². The molecule has 1 amide bonds. The molecule has 1 aromatic rings. The number of aliphatic imine (C=N–C) groups is 1. The van der Waals surface area contributed by atoms with Crippen molar-refractivity contribution in [2.45, 2.75) is 12.5 Å². The van der Waals surface area contributed by atoms with Gasteiger partial charge < -0.3 is 9.73 Å². The molecule has 80 valence electrons. The number of halogens is 1. The SMILES string of the molecule is CN=C1NC(=O)C(C)(c2ccc(Br)o2)N1. The molecule has 0 saturated carbocycles. The second-order valence-electron chi connectivity index (χ2n) is 3.38. The number of nitrogens with zero attached hydrogens (tertiary/aromatic N) is 1. The molecule has 0 spiro atoms.